The second-order valence-electron chi connectivity index (χ2n) is 4.52. The monoisotopic (exact) mass is 230 g/mol. The van der Waals surface area contributed by atoms with Gasteiger partial charge in [-0.15, -0.1) is 0 Å². The van der Waals surface area contributed by atoms with Gasteiger partial charge in [-0.2, -0.15) is 0 Å². The second-order valence-corrected chi connectivity index (χ2v) is 4.52. The van der Waals surface area contributed by atoms with Crippen molar-refractivity contribution in [2.45, 2.75) is 52.1 Å². The van der Waals surface area contributed by atoms with Crippen molar-refractivity contribution in [3.8, 4) is 0 Å². The summed E-state index contributed by atoms with van der Waals surface area (Å²) in [5.74, 6) is 0. The maximum absolute atomic E-state index is 5.26. The van der Waals surface area contributed by atoms with Gasteiger partial charge in [-0.25, -0.2) is 0 Å². The highest BCUT2D eigenvalue weighted by atomic mass is 16.5. The average molecular weight is 230 g/mol. The van der Waals surface area contributed by atoms with Crippen molar-refractivity contribution in [3.63, 3.8) is 0 Å². The van der Waals surface area contributed by atoms with Crippen LogP contribution in [0.5, 0.6) is 0 Å². The number of nitrogens with one attached hydrogen (secondary N) is 1. The fourth-order valence-electron chi connectivity index (χ4n) is 2.13. The van der Waals surface area contributed by atoms with Crippen LogP contribution in [0.15, 0.2) is 0 Å². The molecule has 3 heteroatoms. The summed E-state index contributed by atoms with van der Waals surface area (Å²) in [5, 5.41) is 3.54. The van der Waals surface area contributed by atoms with Crippen LogP contribution < -0.4 is 5.32 Å². The Morgan fingerprint density at radius 1 is 1.19 bits per heavy atom. The minimum atomic E-state index is 0.454. The second kappa shape index (κ2) is 10.1. The molecule has 0 spiro atoms. The molecule has 1 unspecified atom stereocenters. The molecule has 0 saturated carbocycles. The molecular formula is C13H30N2O. The minimum Gasteiger partial charge on any atom is -0.383 e. The van der Waals surface area contributed by atoms with Gasteiger partial charge in [-0.1, -0.05) is 20.8 Å². The van der Waals surface area contributed by atoms with Gasteiger partial charge in [0.25, 0.3) is 0 Å². The standard InChI is InChI=1S/C13H30N2O/c1-6-9-14-12(11-16-5)10-15(4)13(7-2)8-3/h12-14H,6-11H2,1-5H3. The summed E-state index contributed by atoms with van der Waals surface area (Å²) < 4.78 is 5.26. The molecule has 0 fully saturated rings. The van der Waals surface area contributed by atoms with Crippen molar-refractivity contribution in [1.82, 2.24) is 10.2 Å². The largest absolute Gasteiger partial charge is 0.383 e. The highest BCUT2D eigenvalue weighted by Crippen LogP contribution is 2.06. The number of likely N-dealkylation sites (N-methyl/N-ethyl adjacent to an activating group) is 1. The van der Waals surface area contributed by atoms with E-state index in [1.807, 2.05) is 0 Å². The van der Waals surface area contributed by atoms with Gasteiger partial charge in [-0.05, 0) is 32.9 Å². The first-order chi connectivity index (χ1) is 7.69. The molecular weight excluding hydrogens is 200 g/mol. The third kappa shape index (κ3) is 6.46. The highest BCUT2D eigenvalue weighted by Gasteiger charge is 2.15. The minimum absolute atomic E-state index is 0.454. The molecule has 0 aromatic carbocycles. The van der Waals surface area contributed by atoms with E-state index in [9.17, 15) is 0 Å². The van der Waals surface area contributed by atoms with Crippen molar-refractivity contribution in [2.75, 3.05) is 33.9 Å². The lowest BCUT2D eigenvalue weighted by atomic mass is 10.1. The number of rotatable bonds is 10. The summed E-state index contributed by atoms with van der Waals surface area (Å²) in [6.45, 7) is 9.65. The van der Waals surface area contributed by atoms with E-state index in [2.05, 4.69) is 38.0 Å². The van der Waals surface area contributed by atoms with E-state index in [0.29, 0.717) is 12.1 Å². The lowest BCUT2D eigenvalue weighted by Gasteiger charge is -2.30. The summed E-state index contributed by atoms with van der Waals surface area (Å²) >= 11 is 0. The van der Waals surface area contributed by atoms with Crippen LogP contribution in [0.4, 0.5) is 0 Å². The lowest BCUT2D eigenvalue weighted by Crippen LogP contribution is -2.45. The predicted molar refractivity (Wildman–Crippen MR) is 71.0 cm³/mol. The maximum atomic E-state index is 5.26. The van der Waals surface area contributed by atoms with Gasteiger partial charge in [0.05, 0.1) is 6.61 Å². The van der Waals surface area contributed by atoms with Crippen LogP contribution in [0.1, 0.15) is 40.0 Å². The fraction of sp³-hybridized carbons (Fsp3) is 1.00. The van der Waals surface area contributed by atoms with E-state index >= 15 is 0 Å². The summed E-state index contributed by atoms with van der Waals surface area (Å²) in [7, 11) is 3.99. The van der Waals surface area contributed by atoms with Gasteiger partial charge in [0, 0.05) is 25.7 Å². The van der Waals surface area contributed by atoms with E-state index in [0.717, 1.165) is 19.7 Å². The Hall–Kier alpha value is -0.120. The van der Waals surface area contributed by atoms with E-state index in [-0.39, 0.29) is 0 Å². The van der Waals surface area contributed by atoms with Crippen LogP contribution in [0, 0.1) is 0 Å². The first-order valence-corrected chi connectivity index (χ1v) is 6.62. The highest BCUT2D eigenvalue weighted by molar-refractivity contribution is 4.74. The summed E-state index contributed by atoms with van der Waals surface area (Å²) in [5.41, 5.74) is 0. The van der Waals surface area contributed by atoms with Crippen LogP contribution in [-0.4, -0.2) is 50.8 Å². The van der Waals surface area contributed by atoms with E-state index in [1.54, 1.807) is 7.11 Å². The van der Waals surface area contributed by atoms with Crippen LogP contribution in [-0.2, 0) is 4.74 Å². The van der Waals surface area contributed by atoms with Gasteiger partial charge in [0.2, 0.25) is 0 Å². The Morgan fingerprint density at radius 2 is 1.81 bits per heavy atom. The molecule has 0 heterocycles. The van der Waals surface area contributed by atoms with Crippen LogP contribution in [0.2, 0.25) is 0 Å². The average Bonchev–Trinajstić information content (AvgIpc) is 2.28. The molecule has 0 amide bonds. The van der Waals surface area contributed by atoms with Crippen molar-refractivity contribution in [1.29, 1.82) is 0 Å². The number of hydrogen-bond acceptors (Lipinski definition) is 3. The number of ether oxygens (including phenoxy) is 1. The Bertz CT molecular complexity index is 149. The molecule has 0 aromatic heterocycles. The van der Waals surface area contributed by atoms with Crippen molar-refractivity contribution in [2.24, 2.45) is 0 Å². The SMILES string of the molecule is CCCNC(COC)CN(C)C(CC)CC. The van der Waals surface area contributed by atoms with Gasteiger partial charge < -0.3 is 15.0 Å². The van der Waals surface area contributed by atoms with Crippen LogP contribution in [0.25, 0.3) is 0 Å². The maximum Gasteiger partial charge on any atom is 0.0628 e. The Labute approximate surface area is 102 Å². The van der Waals surface area contributed by atoms with Gasteiger partial charge in [0.15, 0.2) is 0 Å². The molecule has 0 aliphatic heterocycles. The number of nitrogens with zero attached hydrogens (tertiary/aromatic N) is 1. The van der Waals surface area contributed by atoms with E-state index in [1.165, 1.54) is 19.3 Å². The molecule has 0 saturated heterocycles. The quantitative estimate of drug-likeness (QED) is 0.622. The van der Waals surface area contributed by atoms with Crippen molar-refractivity contribution >= 4 is 0 Å². The van der Waals surface area contributed by atoms with Crippen LogP contribution >= 0.6 is 0 Å². The Balaban J connectivity index is 4.04. The fourth-order valence-corrected chi connectivity index (χ4v) is 2.13. The van der Waals surface area contributed by atoms with Gasteiger partial charge in [-0.3, -0.25) is 0 Å². The van der Waals surface area contributed by atoms with Gasteiger partial charge in [0.1, 0.15) is 0 Å². The van der Waals surface area contributed by atoms with E-state index < -0.39 is 0 Å². The number of methoxy groups -OCH3 is 1. The summed E-state index contributed by atoms with van der Waals surface area (Å²) in [4.78, 5) is 2.45. The topological polar surface area (TPSA) is 24.5 Å². The molecule has 1 N–H and O–H groups in total. The zero-order valence-corrected chi connectivity index (χ0v) is 11.8. The van der Waals surface area contributed by atoms with E-state index in [4.69, 9.17) is 4.74 Å². The Kier molecular flexibility index (Phi) is 9.99. The normalized spacial score (nSPS) is 13.7. The molecule has 16 heavy (non-hydrogen) atoms. The van der Waals surface area contributed by atoms with Crippen molar-refractivity contribution in [3.05, 3.63) is 0 Å². The van der Waals surface area contributed by atoms with Gasteiger partial charge >= 0.3 is 0 Å². The first-order valence-electron chi connectivity index (χ1n) is 6.62. The molecule has 0 radical (unpaired) electrons. The predicted octanol–water partition coefficient (Wildman–Crippen LogP) is 2.12. The lowest BCUT2D eigenvalue weighted by molar-refractivity contribution is 0.129. The molecule has 98 valence electrons. The third-order valence-electron chi connectivity index (χ3n) is 3.13. The third-order valence-corrected chi connectivity index (χ3v) is 3.13. The molecule has 0 aromatic rings. The molecule has 0 bridgehead atoms. The summed E-state index contributed by atoms with van der Waals surface area (Å²) in [6, 6.07) is 1.15. The summed E-state index contributed by atoms with van der Waals surface area (Å²) in [6.07, 6.45) is 3.62. The molecule has 0 rings (SSSR count). The smallest absolute Gasteiger partial charge is 0.0628 e. The molecule has 0 aliphatic carbocycles. The van der Waals surface area contributed by atoms with Crippen LogP contribution in [0.3, 0.4) is 0 Å². The molecule has 3 nitrogen and oxygen atoms in total. The number of hydrogen-bond donors (Lipinski definition) is 1. The van der Waals surface area contributed by atoms with Crippen molar-refractivity contribution < 1.29 is 4.74 Å². The molecule has 0 aliphatic rings. The zero-order chi connectivity index (χ0) is 12.4. The molecule has 1 atom stereocenters. The zero-order valence-electron chi connectivity index (χ0n) is 11.8. The first kappa shape index (κ1) is 15.9. The Morgan fingerprint density at radius 3 is 2.25 bits per heavy atom.